The highest BCUT2D eigenvalue weighted by atomic mass is 16.2. The minimum absolute atomic E-state index is 0.0710. The van der Waals surface area contributed by atoms with Gasteiger partial charge in [0.05, 0.1) is 6.04 Å². The molecule has 1 amide bonds. The molecule has 1 aliphatic rings. The molecule has 1 saturated heterocycles. The molecule has 1 fully saturated rings. The SMILES string of the molecule is CCc1ccc(NC(=O)C(C)N2CCN(C/C=C/c3ccccc3)CC2)cc1. The number of nitrogens with one attached hydrogen (secondary N) is 1. The van der Waals surface area contributed by atoms with E-state index < -0.39 is 0 Å². The number of carbonyl (C=O) groups excluding carboxylic acids is 1. The number of carbonyl (C=O) groups is 1. The van der Waals surface area contributed by atoms with E-state index in [0.717, 1.165) is 44.8 Å². The molecule has 0 aliphatic carbocycles. The van der Waals surface area contributed by atoms with Crippen LogP contribution in [0.5, 0.6) is 0 Å². The number of benzene rings is 2. The van der Waals surface area contributed by atoms with Crippen molar-refractivity contribution in [1.82, 2.24) is 9.80 Å². The zero-order chi connectivity index (χ0) is 19.8. The Hall–Kier alpha value is -2.43. The van der Waals surface area contributed by atoms with Crippen LogP contribution in [0, 0.1) is 0 Å². The monoisotopic (exact) mass is 377 g/mol. The zero-order valence-corrected chi connectivity index (χ0v) is 17.0. The number of piperazine rings is 1. The highest BCUT2D eigenvalue weighted by Gasteiger charge is 2.25. The Morgan fingerprint density at radius 1 is 1.04 bits per heavy atom. The average Bonchev–Trinajstić information content (AvgIpc) is 2.75. The van der Waals surface area contributed by atoms with E-state index in [2.05, 4.69) is 70.6 Å². The van der Waals surface area contributed by atoms with Gasteiger partial charge in [0.1, 0.15) is 0 Å². The molecule has 2 aromatic carbocycles. The number of nitrogens with zero attached hydrogens (tertiary/aromatic N) is 2. The lowest BCUT2D eigenvalue weighted by Crippen LogP contribution is -2.52. The number of anilines is 1. The van der Waals surface area contributed by atoms with E-state index in [9.17, 15) is 4.79 Å². The van der Waals surface area contributed by atoms with Crippen molar-refractivity contribution in [1.29, 1.82) is 0 Å². The number of hydrogen-bond donors (Lipinski definition) is 1. The summed E-state index contributed by atoms with van der Waals surface area (Å²) in [4.78, 5) is 17.3. The second-order valence-electron chi connectivity index (χ2n) is 7.37. The molecule has 148 valence electrons. The largest absolute Gasteiger partial charge is 0.325 e. The normalized spacial score (nSPS) is 16.9. The summed E-state index contributed by atoms with van der Waals surface area (Å²) in [7, 11) is 0. The van der Waals surface area contributed by atoms with Gasteiger partial charge in [-0.2, -0.15) is 0 Å². The fraction of sp³-hybridized carbons (Fsp3) is 0.375. The van der Waals surface area contributed by atoms with Crippen LogP contribution in [-0.2, 0) is 11.2 Å². The first kappa shape index (κ1) is 20.3. The van der Waals surface area contributed by atoms with Crippen molar-refractivity contribution in [2.45, 2.75) is 26.3 Å². The second kappa shape index (κ2) is 10.2. The Balaban J connectivity index is 1.43. The Morgan fingerprint density at radius 3 is 2.36 bits per heavy atom. The van der Waals surface area contributed by atoms with Gasteiger partial charge in [-0.05, 0) is 36.6 Å². The zero-order valence-electron chi connectivity index (χ0n) is 17.0. The topological polar surface area (TPSA) is 35.6 Å². The molecule has 0 bridgehead atoms. The molecule has 1 N–H and O–H groups in total. The molecule has 0 saturated carbocycles. The summed E-state index contributed by atoms with van der Waals surface area (Å²) in [5.74, 6) is 0.0710. The number of rotatable bonds is 7. The van der Waals surface area contributed by atoms with Gasteiger partial charge in [-0.1, -0.05) is 61.5 Å². The third-order valence-electron chi connectivity index (χ3n) is 5.44. The van der Waals surface area contributed by atoms with Crippen molar-refractivity contribution in [2.24, 2.45) is 0 Å². The molecule has 4 nitrogen and oxygen atoms in total. The van der Waals surface area contributed by atoms with Crippen LogP contribution >= 0.6 is 0 Å². The first-order valence-corrected chi connectivity index (χ1v) is 10.2. The maximum atomic E-state index is 12.6. The van der Waals surface area contributed by atoms with Crippen molar-refractivity contribution in [3.8, 4) is 0 Å². The Bertz CT molecular complexity index is 762. The van der Waals surface area contributed by atoms with Gasteiger partial charge in [0.2, 0.25) is 5.91 Å². The van der Waals surface area contributed by atoms with Crippen LogP contribution in [0.4, 0.5) is 5.69 Å². The van der Waals surface area contributed by atoms with Gasteiger partial charge < -0.3 is 5.32 Å². The van der Waals surface area contributed by atoms with Crippen LogP contribution in [-0.4, -0.2) is 54.5 Å². The Morgan fingerprint density at radius 2 is 1.71 bits per heavy atom. The Labute approximate surface area is 168 Å². The number of hydrogen-bond acceptors (Lipinski definition) is 3. The first-order valence-electron chi connectivity index (χ1n) is 10.2. The summed E-state index contributed by atoms with van der Waals surface area (Å²) in [6.45, 7) is 8.90. The average molecular weight is 378 g/mol. The van der Waals surface area contributed by atoms with Crippen LogP contribution in [0.25, 0.3) is 6.08 Å². The molecular weight excluding hydrogens is 346 g/mol. The van der Waals surface area contributed by atoms with E-state index in [1.54, 1.807) is 0 Å². The lowest BCUT2D eigenvalue weighted by Gasteiger charge is -2.37. The summed E-state index contributed by atoms with van der Waals surface area (Å²) >= 11 is 0. The molecule has 28 heavy (non-hydrogen) atoms. The second-order valence-corrected chi connectivity index (χ2v) is 7.37. The molecule has 1 atom stereocenters. The summed E-state index contributed by atoms with van der Waals surface area (Å²) in [5, 5.41) is 3.05. The molecule has 0 aromatic heterocycles. The molecule has 1 aliphatic heterocycles. The molecule has 0 spiro atoms. The first-order chi connectivity index (χ1) is 13.7. The van der Waals surface area contributed by atoms with Crippen molar-refractivity contribution >= 4 is 17.7 Å². The third kappa shape index (κ3) is 5.78. The van der Waals surface area contributed by atoms with Gasteiger partial charge in [-0.25, -0.2) is 0 Å². The minimum Gasteiger partial charge on any atom is -0.325 e. The van der Waals surface area contributed by atoms with Crippen molar-refractivity contribution in [3.05, 3.63) is 71.8 Å². The van der Waals surface area contributed by atoms with E-state index in [1.807, 2.05) is 25.1 Å². The van der Waals surface area contributed by atoms with Crippen molar-refractivity contribution < 1.29 is 4.79 Å². The van der Waals surface area contributed by atoms with E-state index in [0.29, 0.717) is 0 Å². The van der Waals surface area contributed by atoms with Crippen LogP contribution in [0.3, 0.4) is 0 Å². The van der Waals surface area contributed by atoms with Crippen LogP contribution in [0.1, 0.15) is 25.0 Å². The van der Waals surface area contributed by atoms with Gasteiger partial charge in [0, 0.05) is 38.4 Å². The van der Waals surface area contributed by atoms with Gasteiger partial charge in [0.15, 0.2) is 0 Å². The molecule has 1 unspecified atom stereocenters. The van der Waals surface area contributed by atoms with Gasteiger partial charge in [0.25, 0.3) is 0 Å². The summed E-state index contributed by atoms with van der Waals surface area (Å²) in [6, 6.07) is 18.4. The highest BCUT2D eigenvalue weighted by molar-refractivity contribution is 5.94. The number of aryl methyl sites for hydroxylation is 1. The predicted octanol–water partition coefficient (Wildman–Crippen LogP) is 3.91. The highest BCUT2D eigenvalue weighted by Crippen LogP contribution is 2.13. The molecule has 3 rings (SSSR count). The standard InChI is InChI=1S/C24H31N3O/c1-3-21-11-13-23(14-12-21)25-24(28)20(2)27-18-16-26(17-19-27)15-7-10-22-8-5-4-6-9-22/h4-14,20H,3,15-19H2,1-2H3,(H,25,28)/b10-7+. The minimum atomic E-state index is -0.118. The van der Waals surface area contributed by atoms with Crippen LogP contribution in [0.15, 0.2) is 60.7 Å². The van der Waals surface area contributed by atoms with Crippen molar-refractivity contribution in [3.63, 3.8) is 0 Å². The molecule has 2 aromatic rings. The van der Waals surface area contributed by atoms with Gasteiger partial charge in [-0.15, -0.1) is 0 Å². The molecule has 4 heteroatoms. The molecule has 1 heterocycles. The van der Waals surface area contributed by atoms with Crippen LogP contribution in [0.2, 0.25) is 0 Å². The molecule has 0 radical (unpaired) electrons. The summed E-state index contributed by atoms with van der Waals surface area (Å²) in [5.41, 5.74) is 3.39. The van der Waals surface area contributed by atoms with Gasteiger partial charge in [-0.3, -0.25) is 14.6 Å². The van der Waals surface area contributed by atoms with E-state index in [-0.39, 0.29) is 11.9 Å². The smallest absolute Gasteiger partial charge is 0.241 e. The molecular formula is C24H31N3O. The van der Waals surface area contributed by atoms with E-state index >= 15 is 0 Å². The summed E-state index contributed by atoms with van der Waals surface area (Å²) < 4.78 is 0. The van der Waals surface area contributed by atoms with Crippen molar-refractivity contribution in [2.75, 3.05) is 38.0 Å². The fourth-order valence-corrected chi connectivity index (χ4v) is 3.47. The maximum Gasteiger partial charge on any atom is 0.241 e. The Kier molecular flexibility index (Phi) is 7.40. The van der Waals surface area contributed by atoms with Gasteiger partial charge >= 0.3 is 0 Å². The fourth-order valence-electron chi connectivity index (χ4n) is 3.47. The lowest BCUT2D eigenvalue weighted by molar-refractivity contribution is -0.121. The summed E-state index contributed by atoms with van der Waals surface area (Å²) in [6.07, 6.45) is 5.41. The van der Waals surface area contributed by atoms with E-state index in [4.69, 9.17) is 0 Å². The van der Waals surface area contributed by atoms with Crippen LogP contribution < -0.4 is 5.32 Å². The van der Waals surface area contributed by atoms with E-state index in [1.165, 1.54) is 11.1 Å². The quantitative estimate of drug-likeness (QED) is 0.795. The lowest BCUT2D eigenvalue weighted by atomic mass is 10.1. The number of amides is 1. The predicted molar refractivity (Wildman–Crippen MR) is 117 cm³/mol. The maximum absolute atomic E-state index is 12.6. The third-order valence-corrected chi connectivity index (χ3v) is 5.44.